The Hall–Kier alpha value is -0.120. The third-order valence-corrected chi connectivity index (χ3v) is 4.80. The molecule has 0 aromatic heterocycles. The Bertz CT molecular complexity index is 239. The van der Waals surface area contributed by atoms with Crippen molar-refractivity contribution in [3.8, 4) is 0 Å². The smallest absolute Gasteiger partial charge is 0.0586 e. The van der Waals surface area contributed by atoms with Crippen molar-refractivity contribution in [2.75, 3.05) is 32.8 Å². The molecule has 1 heterocycles. The van der Waals surface area contributed by atoms with Crippen molar-refractivity contribution < 1.29 is 5.11 Å². The van der Waals surface area contributed by atoms with Crippen LogP contribution in [0.5, 0.6) is 0 Å². The molecule has 0 aromatic rings. The van der Waals surface area contributed by atoms with Crippen LogP contribution in [0, 0.1) is 11.3 Å². The summed E-state index contributed by atoms with van der Waals surface area (Å²) >= 11 is 0. The molecule has 0 radical (unpaired) electrons. The van der Waals surface area contributed by atoms with Gasteiger partial charge in [-0.25, -0.2) is 0 Å². The van der Waals surface area contributed by atoms with Gasteiger partial charge in [0.05, 0.1) is 6.61 Å². The van der Waals surface area contributed by atoms with E-state index in [1.54, 1.807) is 0 Å². The molecule has 1 rings (SSSR count). The minimum Gasteiger partial charge on any atom is -0.395 e. The monoisotopic (exact) mass is 270 g/mol. The molecule has 0 spiro atoms. The van der Waals surface area contributed by atoms with Crippen LogP contribution in [-0.2, 0) is 0 Å². The highest BCUT2D eigenvalue weighted by Crippen LogP contribution is 2.30. The predicted octanol–water partition coefficient (Wildman–Crippen LogP) is 2.50. The van der Waals surface area contributed by atoms with Crippen LogP contribution < -0.4 is 5.32 Å². The molecular weight excluding hydrogens is 236 g/mol. The highest BCUT2D eigenvalue weighted by atomic mass is 16.3. The molecule has 0 aliphatic carbocycles. The fourth-order valence-corrected chi connectivity index (χ4v) is 3.15. The lowest BCUT2D eigenvalue weighted by Crippen LogP contribution is -2.46. The number of nitrogens with zero attached hydrogens (tertiary/aromatic N) is 1. The number of hydrogen-bond donors (Lipinski definition) is 2. The zero-order chi connectivity index (χ0) is 14.3. The van der Waals surface area contributed by atoms with E-state index < -0.39 is 0 Å². The second kappa shape index (κ2) is 8.23. The fourth-order valence-electron chi connectivity index (χ4n) is 3.15. The van der Waals surface area contributed by atoms with Crippen molar-refractivity contribution in [1.82, 2.24) is 10.2 Å². The van der Waals surface area contributed by atoms with Gasteiger partial charge in [-0.1, -0.05) is 27.7 Å². The summed E-state index contributed by atoms with van der Waals surface area (Å²) in [6, 6.07) is 0.405. The first kappa shape index (κ1) is 16.9. The van der Waals surface area contributed by atoms with Gasteiger partial charge >= 0.3 is 0 Å². The van der Waals surface area contributed by atoms with E-state index in [9.17, 15) is 5.11 Å². The zero-order valence-electron chi connectivity index (χ0n) is 13.4. The molecule has 1 saturated heterocycles. The second-order valence-electron chi connectivity index (χ2n) is 6.68. The van der Waals surface area contributed by atoms with Gasteiger partial charge in [0, 0.05) is 19.1 Å². The Balaban J connectivity index is 2.54. The molecule has 0 amide bonds. The molecular formula is C16H34N2O. The number of rotatable bonds is 9. The number of aliphatic hydroxyl groups is 1. The second-order valence-corrected chi connectivity index (χ2v) is 6.68. The van der Waals surface area contributed by atoms with Crippen molar-refractivity contribution in [2.24, 2.45) is 11.3 Å². The molecule has 1 atom stereocenters. The molecule has 114 valence electrons. The van der Waals surface area contributed by atoms with Gasteiger partial charge in [0.1, 0.15) is 0 Å². The minimum atomic E-state index is 0.322. The highest BCUT2D eigenvalue weighted by molar-refractivity contribution is 4.88. The molecule has 0 aromatic carbocycles. The molecule has 0 saturated carbocycles. The summed E-state index contributed by atoms with van der Waals surface area (Å²) in [5, 5.41) is 13.1. The van der Waals surface area contributed by atoms with Gasteiger partial charge in [-0.15, -0.1) is 0 Å². The van der Waals surface area contributed by atoms with Crippen LogP contribution in [-0.4, -0.2) is 48.8 Å². The Morgan fingerprint density at radius 3 is 2.53 bits per heavy atom. The van der Waals surface area contributed by atoms with Crippen LogP contribution in [0.3, 0.4) is 0 Å². The van der Waals surface area contributed by atoms with E-state index >= 15 is 0 Å². The summed E-state index contributed by atoms with van der Waals surface area (Å²) in [7, 11) is 0. The maximum absolute atomic E-state index is 9.47. The standard InChI is InChI=1S/C16H34N2O/c1-5-16(6-2,12-17-10-14(3)4)13-18-9-7-8-15(18)11-19/h14-15,17,19H,5-13H2,1-4H3. The quantitative estimate of drug-likeness (QED) is 0.676. The van der Waals surface area contributed by atoms with Crippen molar-refractivity contribution >= 4 is 0 Å². The van der Waals surface area contributed by atoms with Gasteiger partial charge < -0.3 is 10.4 Å². The van der Waals surface area contributed by atoms with E-state index in [1.165, 1.54) is 25.7 Å². The van der Waals surface area contributed by atoms with Crippen molar-refractivity contribution in [3.63, 3.8) is 0 Å². The normalized spacial score (nSPS) is 21.5. The lowest BCUT2D eigenvalue weighted by atomic mass is 9.81. The van der Waals surface area contributed by atoms with E-state index in [4.69, 9.17) is 0 Å². The van der Waals surface area contributed by atoms with E-state index in [2.05, 4.69) is 37.9 Å². The number of aliphatic hydroxyl groups excluding tert-OH is 1. The van der Waals surface area contributed by atoms with Gasteiger partial charge in [-0.2, -0.15) is 0 Å². The molecule has 3 heteroatoms. The molecule has 1 fully saturated rings. The molecule has 0 bridgehead atoms. The average Bonchev–Trinajstić information content (AvgIpc) is 2.84. The largest absolute Gasteiger partial charge is 0.395 e. The minimum absolute atomic E-state index is 0.322. The summed E-state index contributed by atoms with van der Waals surface area (Å²) in [5.74, 6) is 0.711. The SMILES string of the molecule is CCC(CC)(CNCC(C)C)CN1CCCC1CO. The van der Waals surface area contributed by atoms with Crippen LogP contribution in [0.15, 0.2) is 0 Å². The Kier molecular flexibility index (Phi) is 7.33. The van der Waals surface area contributed by atoms with E-state index in [-0.39, 0.29) is 0 Å². The van der Waals surface area contributed by atoms with Crippen molar-refractivity contribution in [2.45, 2.75) is 59.4 Å². The topological polar surface area (TPSA) is 35.5 Å². The van der Waals surface area contributed by atoms with Crippen molar-refractivity contribution in [3.05, 3.63) is 0 Å². The average molecular weight is 270 g/mol. The fraction of sp³-hybridized carbons (Fsp3) is 1.00. The highest BCUT2D eigenvalue weighted by Gasteiger charge is 2.33. The Morgan fingerprint density at radius 1 is 1.32 bits per heavy atom. The van der Waals surface area contributed by atoms with E-state index in [1.807, 2.05) is 0 Å². The van der Waals surface area contributed by atoms with E-state index in [0.29, 0.717) is 24.0 Å². The summed E-state index contributed by atoms with van der Waals surface area (Å²) < 4.78 is 0. The van der Waals surface area contributed by atoms with Crippen LogP contribution in [0.2, 0.25) is 0 Å². The maximum Gasteiger partial charge on any atom is 0.0586 e. The van der Waals surface area contributed by atoms with E-state index in [0.717, 1.165) is 26.2 Å². The molecule has 3 nitrogen and oxygen atoms in total. The lowest BCUT2D eigenvalue weighted by Gasteiger charge is -2.38. The Morgan fingerprint density at radius 2 is 2.00 bits per heavy atom. The zero-order valence-corrected chi connectivity index (χ0v) is 13.4. The third-order valence-electron chi connectivity index (χ3n) is 4.80. The molecule has 1 aliphatic heterocycles. The predicted molar refractivity (Wildman–Crippen MR) is 82.4 cm³/mol. The molecule has 2 N–H and O–H groups in total. The summed E-state index contributed by atoms with van der Waals surface area (Å²) in [5.41, 5.74) is 0.368. The van der Waals surface area contributed by atoms with Crippen LogP contribution in [0.4, 0.5) is 0 Å². The van der Waals surface area contributed by atoms with Crippen molar-refractivity contribution in [1.29, 1.82) is 0 Å². The van der Waals surface area contributed by atoms with Gasteiger partial charge in [0.2, 0.25) is 0 Å². The maximum atomic E-state index is 9.47. The van der Waals surface area contributed by atoms with Crippen LogP contribution in [0.1, 0.15) is 53.4 Å². The first-order chi connectivity index (χ1) is 9.06. The Labute approximate surface area is 119 Å². The molecule has 1 unspecified atom stereocenters. The van der Waals surface area contributed by atoms with Gasteiger partial charge in [-0.05, 0) is 50.1 Å². The van der Waals surface area contributed by atoms with Gasteiger partial charge in [0.15, 0.2) is 0 Å². The van der Waals surface area contributed by atoms with Crippen LogP contribution in [0.25, 0.3) is 0 Å². The third kappa shape index (κ3) is 5.05. The summed E-state index contributed by atoms with van der Waals surface area (Å²) in [4.78, 5) is 2.52. The summed E-state index contributed by atoms with van der Waals surface area (Å²) in [6.07, 6.45) is 4.83. The molecule has 19 heavy (non-hydrogen) atoms. The first-order valence-corrected chi connectivity index (χ1v) is 8.12. The number of hydrogen-bond acceptors (Lipinski definition) is 3. The van der Waals surface area contributed by atoms with Gasteiger partial charge in [-0.3, -0.25) is 4.90 Å². The number of likely N-dealkylation sites (tertiary alicyclic amines) is 1. The lowest BCUT2D eigenvalue weighted by molar-refractivity contribution is 0.0934. The van der Waals surface area contributed by atoms with Gasteiger partial charge in [0.25, 0.3) is 0 Å². The molecule has 1 aliphatic rings. The number of nitrogens with one attached hydrogen (secondary N) is 1. The summed E-state index contributed by atoms with van der Waals surface area (Å²) in [6.45, 7) is 14.0. The van der Waals surface area contributed by atoms with Crippen LogP contribution >= 0.6 is 0 Å². The first-order valence-electron chi connectivity index (χ1n) is 8.12.